The van der Waals surface area contributed by atoms with Crippen molar-refractivity contribution < 1.29 is 4.79 Å². The maximum Gasteiger partial charge on any atom is 0.238 e. The number of nitrogens with one attached hydrogen (secondary N) is 2. The van der Waals surface area contributed by atoms with Crippen molar-refractivity contribution in [2.45, 2.75) is 6.92 Å². The van der Waals surface area contributed by atoms with Gasteiger partial charge in [0.15, 0.2) is 5.15 Å². The minimum absolute atomic E-state index is 0.157. The Kier molecular flexibility index (Phi) is 6.78. The molecule has 110 valence electrons. The maximum absolute atomic E-state index is 11.7. The van der Waals surface area contributed by atoms with Gasteiger partial charge in [0.2, 0.25) is 5.91 Å². The smallest absolute Gasteiger partial charge is 0.238 e. The number of rotatable bonds is 7. The number of hydrazine groups is 1. The molecule has 0 aliphatic carbocycles. The van der Waals surface area contributed by atoms with E-state index in [1.165, 1.54) is 11.2 Å². The number of nitrogens with two attached hydrogens (primary N) is 2. The Hall–Kier alpha value is -1.83. The monoisotopic (exact) mass is 298 g/mol. The van der Waals surface area contributed by atoms with Gasteiger partial charge >= 0.3 is 0 Å². The molecule has 0 radical (unpaired) electrons. The maximum atomic E-state index is 11.7. The van der Waals surface area contributed by atoms with Gasteiger partial charge in [0.1, 0.15) is 0 Å². The number of pyridine rings is 1. The first kappa shape index (κ1) is 16.2. The van der Waals surface area contributed by atoms with Gasteiger partial charge in [-0.05, 0) is 19.1 Å². The van der Waals surface area contributed by atoms with Crippen LogP contribution in [-0.4, -0.2) is 35.5 Å². The fourth-order valence-corrected chi connectivity index (χ4v) is 1.65. The predicted molar refractivity (Wildman–Crippen MR) is 79.7 cm³/mol. The molecule has 0 aliphatic heterocycles. The zero-order chi connectivity index (χ0) is 15.0. The van der Waals surface area contributed by atoms with Crippen molar-refractivity contribution in [3.63, 3.8) is 0 Å². The third kappa shape index (κ3) is 5.87. The van der Waals surface area contributed by atoms with Crippen LogP contribution in [0.1, 0.15) is 5.69 Å². The number of hydrogen-bond donors (Lipinski definition) is 4. The summed E-state index contributed by atoms with van der Waals surface area (Å²) in [6.07, 6.45) is 2.89. The first-order valence-electron chi connectivity index (χ1n) is 6.06. The number of nitrogens with zero attached hydrogens (tertiary/aromatic N) is 2. The number of anilines is 1. The lowest BCUT2D eigenvalue weighted by Gasteiger charge is -2.13. The van der Waals surface area contributed by atoms with E-state index in [4.69, 9.17) is 23.2 Å². The number of carbonyl (C=O) groups excluding carboxylic acids is 1. The standard InChI is InChI=1S/C12H19ClN6O/c1-9-2-3-10(12(13)17-9)18-11(20)8-16-5-7-19(15)6-4-14/h2-4,6,16H,5,7-8,14-15H2,1H3,(H,18,20)/b6-4-. The normalized spacial score (nSPS) is 10.8. The van der Waals surface area contributed by atoms with Crippen LogP contribution in [0.25, 0.3) is 0 Å². The Bertz CT molecular complexity index is 479. The molecule has 1 aromatic rings. The lowest BCUT2D eigenvalue weighted by atomic mass is 10.3. The van der Waals surface area contributed by atoms with Gasteiger partial charge in [-0.2, -0.15) is 0 Å². The van der Waals surface area contributed by atoms with E-state index in [1.807, 2.05) is 6.92 Å². The zero-order valence-electron chi connectivity index (χ0n) is 11.3. The van der Waals surface area contributed by atoms with Crippen LogP contribution in [0.2, 0.25) is 5.15 Å². The summed E-state index contributed by atoms with van der Waals surface area (Å²) in [5, 5.41) is 7.33. The fourth-order valence-electron chi connectivity index (χ4n) is 1.41. The van der Waals surface area contributed by atoms with E-state index in [1.54, 1.807) is 18.3 Å². The summed E-state index contributed by atoms with van der Waals surface area (Å²) in [5.41, 5.74) is 6.48. The fraction of sp³-hybridized carbons (Fsp3) is 0.333. The molecule has 6 N–H and O–H groups in total. The van der Waals surface area contributed by atoms with Crippen LogP contribution < -0.4 is 22.2 Å². The first-order valence-corrected chi connectivity index (χ1v) is 6.44. The van der Waals surface area contributed by atoms with Crippen molar-refractivity contribution in [3.8, 4) is 0 Å². The number of carbonyl (C=O) groups is 1. The molecule has 7 nitrogen and oxygen atoms in total. The summed E-state index contributed by atoms with van der Waals surface area (Å²) in [6.45, 7) is 3.07. The highest BCUT2D eigenvalue weighted by Crippen LogP contribution is 2.18. The highest BCUT2D eigenvalue weighted by atomic mass is 35.5. The van der Waals surface area contributed by atoms with E-state index in [0.717, 1.165) is 5.69 Å². The molecule has 0 unspecified atom stereocenters. The Balaban J connectivity index is 2.30. The predicted octanol–water partition coefficient (Wildman–Crippen LogP) is 0.177. The van der Waals surface area contributed by atoms with E-state index in [0.29, 0.717) is 18.8 Å². The average molecular weight is 299 g/mol. The quantitative estimate of drug-likeness (QED) is 0.247. The van der Waals surface area contributed by atoms with Gasteiger partial charge < -0.3 is 21.4 Å². The van der Waals surface area contributed by atoms with E-state index in [2.05, 4.69) is 15.6 Å². The van der Waals surface area contributed by atoms with Crippen LogP contribution in [0.15, 0.2) is 24.5 Å². The highest BCUT2D eigenvalue weighted by Gasteiger charge is 2.06. The van der Waals surface area contributed by atoms with Crippen LogP contribution >= 0.6 is 11.6 Å². The summed E-state index contributed by atoms with van der Waals surface area (Å²) >= 11 is 5.92. The van der Waals surface area contributed by atoms with Gasteiger partial charge in [0.05, 0.1) is 12.2 Å². The number of amides is 1. The van der Waals surface area contributed by atoms with Crippen molar-refractivity contribution in [1.82, 2.24) is 15.3 Å². The molecule has 8 heteroatoms. The number of aromatic nitrogens is 1. The molecule has 0 atom stereocenters. The van der Waals surface area contributed by atoms with Crippen LogP contribution in [0.4, 0.5) is 5.69 Å². The summed E-state index contributed by atoms with van der Waals surface area (Å²) < 4.78 is 0. The van der Waals surface area contributed by atoms with Gasteiger partial charge in [0.25, 0.3) is 0 Å². The molecule has 0 bridgehead atoms. The van der Waals surface area contributed by atoms with E-state index in [-0.39, 0.29) is 17.6 Å². The molecular formula is C12H19ClN6O. The number of hydrogen-bond acceptors (Lipinski definition) is 6. The largest absolute Gasteiger partial charge is 0.403 e. The third-order valence-corrected chi connectivity index (χ3v) is 2.66. The number of aryl methyl sites for hydroxylation is 1. The van der Waals surface area contributed by atoms with Gasteiger partial charge in [-0.25, -0.2) is 10.8 Å². The van der Waals surface area contributed by atoms with Crippen LogP contribution in [-0.2, 0) is 4.79 Å². The Morgan fingerprint density at radius 3 is 2.95 bits per heavy atom. The Morgan fingerprint density at radius 2 is 2.30 bits per heavy atom. The Labute approximate surface area is 122 Å². The van der Waals surface area contributed by atoms with Crippen LogP contribution in [0.5, 0.6) is 0 Å². The zero-order valence-corrected chi connectivity index (χ0v) is 12.0. The summed E-state index contributed by atoms with van der Waals surface area (Å²) in [5.74, 6) is 5.36. The molecule has 0 aliphatic rings. The van der Waals surface area contributed by atoms with E-state index in [9.17, 15) is 4.79 Å². The van der Waals surface area contributed by atoms with E-state index < -0.39 is 0 Å². The molecule has 1 rings (SSSR count). The molecule has 1 heterocycles. The first-order chi connectivity index (χ1) is 9.52. The van der Waals surface area contributed by atoms with Gasteiger partial charge in [-0.1, -0.05) is 11.6 Å². The molecule has 0 aromatic carbocycles. The number of halogens is 1. The van der Waals surface area contributed by atoms with E-state index >= 15 is 0 Å². The van der Waals surface area contributed by atoms with Crippen molar-refractivity contribution in [2.75, 3.05) is 25.0 Å². The molecule has 0 spiro atoms. The summed E-state index contributed by atoms with van der Waals surface area (Å²) in [4.78, 5) is 15.7. The molecule has 0 saturated heterocycles. The Morgan fingerprint density at radius 1 is 1.55 bits per heavy atom. The van der Waals surface area contributed by atoms with Gasteiger partial charge in [-0.15, -0.1) is 0 Å². The van der Waals surface area contributed by atoms with Gasteiger partial charge in [0, 0.05) is 31.2 Å². The molecular weight excluding hydrogens is 280 g/mol. The molecule has 1 aromatic heterocycles. The topological polar surface area (TPSA) is 109 Å². The second-order valence-electron chi connectivity index (χ2n) is 4.10. The lowest BCUT2D eigenvalue weighted by molar-refractivity contribution is -0.115. The third-order valence-electron chi connectivity index (χ3n) is 2.37. The lowest BCUT2D eigenvalue weighted by Crippen LogP contribution is -2.36. The molecule has 1 amide bonds. The van der Waals surface area contributed by atoms with Crippen LogP contribution in [0.3, 0.4) is 0 Å². The summed E-state index contributed by atoms with van der Waals surface area (Å²) in [7, 11) is 0. The SMILES string of the molecule is Cc1ccc(NC(=O)CNCCN(N)/C=C\N)c(Cl)n1. The van der Waals surface area contributed by atoms with Crippen molar-refractivity contribution in [3.05, 3.63) is 35.4 Å². The summed E-state index contributed by atoms with van der Waals surface area (Å²) in [6, 6.07) is 3.50. The van der Waals surface area contributed by atoms with Crippen LogP contribution in [0, 0.1) is 6.92 Å². The minimum atomic E-state index is -0.199. The second kappa shape index (κ2) is 8.36. The second-order valence-corrected chi connectivity index (χ2v) is 4.45. The molecule has 0 fully saturated rings. The highest BCUT2D eigenvalue weighted by molar-refractivity contribution is 6.32. The molecule has 20 heavy (non-hydrogen) atoms. The van der Waals surface area contributed by atoms with Crippen molar-refractivity contribution in [1.29, 1.82) is 0 Å². The van der Waals surface area contributed by atoms with Crippen molar-refractivity contribution >= 4 is 23.2 Å². The average Bonchev–Trinajstić information content (AvgIpc) is 2.38. The molecule has 0 saturated carbocycles. The minimum Gasteiger partial charge on any atom is -0.403 e. The van der Waals surface area contributed by atoms with Crippen molar-refractivity contribution in [2.24, 2.45) is 11.6 Å². The van der Waals surface area contributed by atoms with Gasteiger partial charge in [-0.3, -0.25) is 4.79 Å².